The molecular weight excluding hydrogens is 274 g/mol. The van der Waals surface area contributed by atoms with Gasteiger partial charge in [-0.2, -0.15) is 17.0 Å². The van der Waals surface area contributed by atoms with Crippen molar-refractivity contribution in [2.45, 2.75) is 32.7 Å². The Labute approximate surface area is 116 Å². The van der Waals surface area contributed by atoms with E-state index in [2.05, 4.69) is 12.2 Å². The fraction of sp³-hybridized carbons (Fsp3) is 1.00. The monoisotopic (exact) mass is 297 g/mol. The number of hydrogen-bond donors (Lipinski definition) is 1. The molecule has 0 amide bonds. The minimum atomic E-state index is -3.24. The lowest BCUT2D eigenvalue weighted by molar-refractivity contribution is 0.226. The zero-order valence-electron chi connectivity index (χ0n) is 11.1. The van der Waals surface area contributed by atoms with Crippen LogP contribution in [0, 0.1) is 5.92 Å². The number of rotatable bonds is 2. The fourth-order valence-corrected chi connectivity index (χ4v) is 4.62. The Morgan fingerprint density at radius 2 is 1.94 bits per heavy atom. The summed E-state index contributed by atoms with van der Waals surface area (Å²) in [4.78, 5) is 0. The maximum Gasteiger partial charge on any atom is 0.282 e. The second kappa shape index (κ2) is 6.52. The van der Waals surface area contributed by atoms with Crippen LogP contribution >= 0.6 is 12.4 Å². The van der Waals surface area contributed by atoms with Crippen LogP contribution in [0.2, 0.25) is 0 Å². The van der Waals surface area contributed by atoms with Crippen molar-refractivity contribution in [3.8, 4) is 0 Å². The van der Waals surface area contributed by atoms with Crippen LogP contribution in [-0.2, 0) is 10.2 Å². The van der Waals surface area contributed by atoms with Crippen LogP contribution in [-0.4, -0.2) is 55.8 Å². The lowest BCUT2D eigenvalue weighted by Gasteiger charge is -2.39. The van der Waals surface area contributed by atoms with Gasteiger partial charge in [0, 0.05) is 38.8 Å². The molecule has 0 saturated carbocycles. The Hall–Kier alpha value is 0.120. The first-order chi connectivity index (χ1) is 8.01. The van der Waals surface area contributed by atoms with E-state index in [1.165, 1.54) is 0 Å². The molecule has 5 nitrogen and oxygen atoms in total. The third-order valence-electron chi connectivity index (χ3n) is 3.68. The van der Waals surface area contributed by atoms with Gasteiger partial charge in [-0.1, -0.05) is 6.92 Å². The van der Waals surface area contributed by atoms with Gasteiger partial charge >= 0.3 is 0 Å². The van der Waals surface area contributed by atoms with Crippen molar-refractivity contribution >= 4 is 22.6 Å². The number of nitrogens with one attached hydrogen (secondary N) is 1. The van der Waals surface area contributed by atoms with Gasteiger partial charge in [0.25, 0.3) is 10.2 Å². The highest BCUT2D eigenvalue weighted by molar-refractivity contribution is 7.86. The summed E-state index contributed by atoms with van der Waals surface area (Å²) in [5.74, 6) is 0.483. The smallest absolute Gasteiger partial charge is 0.282 e. The van der Waals surface area contributed by atoms with Gasteiger partial charge in [0.15, 0.2) is 0 Å². The van der Waals surface area contributed by atoms with Crippen LogP contribution < -0.4 is 5.32 Å². The summed E-state index contributed by atoms with van der Waals surface area (Å²) in [7, 11) is -3.24. The number of hydrogen-bond acceptors (Lipinski definition) is 3. The van der Waals surface area contributed by atoms with E-state index >= 15 is 0 Å². The molecule has 7 heteroatoms. The van der Waals surface area contributed by atoms with E-state index in [1.807, 2.05) is 6.92 Å². The Balaban J connectivity index is 0.00000162. The molecule has 0 spiro atoms. The van der Waals surface area contributed by atoms with Crippen molar-refractivity contribution < 1.29 is 8.42 Å². The third-order valence-corrected chi connectivity index (χ3v) is 5.80. The molecule has 0 aromatic rings. The Morgan fingerprint density at radius 1 is 1.22 bits per heavy atom. The van der Waals surface area contributed by atoms with Crippen LogP contribution in [0.3, 0.4) is 0 Å². The maximum atomic E-state index is 12.5. The molecule has 2 aliphatic heterocycles. The van der Waals surface area contributed by atoms with Gasteiger partial charge in [-0.15, -0.1) is 12.4 Å². The van der Waals surface area contributed by atoms with E-state index in [-0.39, 0.29) is 18.4 Å². The van der Waals surface area contributed by atoms with Gasteiger partial charge in [-0.05, 0) is 25.7 Å². The number of piperazine rings is 1. The highest BCUT2D eigenvalue weighted by Crippen LogP contribution is 2.22. The van der Waals surface area contributed by atoms with Crippen LogP contribution in [0.25, 0.3) is 0 Å². The quantitative estimate of drug-likeness (QED) is 0.815. The molecule has 0 aromatic heterocycles. The predicted molar refractivity (Wildman–Crippen MR) is 75.2 cm³/mol. The number of nitrogens with zero attached hydrogens (tertiary/aromatic N) is 2. The van der Waals surface area contributed by atoms with E-state index < -0.39 is 10.2 Å². The van der Waals surface area contributed by atoms with Crippen LogP contribution in [0.5, 0.6) is 0 Å². The van der Waals surface area contributed by atoms with E-state index in [0.29, 0.717) is 25.6 Å². The molecule has 0 bridgehead atoms. The van der Waals surface area contributed by atoms with Gasteiger partial charge < -0.3 is 5.32 Å². The predicted octanol–water partition coefficient (Wildman–Crippen LogP) is 0.679. The third kappa shape index (κ3) is 3.36. The van der Waals surface area contributed by atoms with Crippen molar-refractivity contribution in [3.63, 3.8) is 0 Å². The molecule has 18 heavy (non-hydrogen) atoms. The van der Waals surface area contributed by atoms with E-state index in [9.17, 15) is 8.42 Å². The fourth-order valence-electron chi connectivity index (χ4n) is 2.67. The summed E-state index contributed by atoms with van der Waals surface area (Å²) in [6.45, 7) is 7.56. The lowest BCUT2D eigenvalue weighted by Crippen LogP contribution is -2.57. The molecular formula is C11H24ClN3O2S. The van der Waals surface area contributed by atoms with Gasteiger partial charge in [0.2, 0.25) is 0 Å². The zero-order valence-corrected chi connectivity index (χ0v) is 12.8. The van der Waals surface area contributed by atoms with Crippen LogP contribution in [0.1, 0.15) is 26.7 Å². The van der Waals surface area contributed by atoms with Crippen molar-refractivity contribution in [1.29, 1.82) is 0 Å². The normalized spacial score (nSPS) is 31.9. The molecule has 2 rings (SSSR count). The molecule has 0 aliphatic carbocycles. The summed E-state index contributed by atoms with van der Waals surface area (Å²) >= 11 is 0. The highest BCUT2D eigenvalue weighted by Gasteiger charge is 2.36. The molecule has 1 unspecified atom stereocenters. The van der Waals surface area contributed by atoms with Gasteiger partial charge in [0.05, 0.1) is 0 Å². The molecule has 2 heterocycles. The Bertz CT molecular complexity index is 363. The van der Waals surface area contributed by atoms with E-state index in [1.54, 1.807) is 8.61 Å². The van der Waals surface area contributed by atoms with Gasteiger partial charge in [-0.3, -0.25) is 0 Å². The first kappa shape index (κ1) is 16.2. The second-order valence-corrected chi connectivity index (χ2v) is 7.16. The van der Waals surface area contributed by atoms with E-state index in [4.69, 9.17) is 0 Å². The minimum absolute atomic E-state index is 0. The summed E-state index contributed by atoms with van der Waals surface area (Å²) in [6.07, 6.45) is 2.13. The zero-order chi connectivity index (χ0) is 12.5. The van der Waals surface area contributed by atoms with Crippen LogP contribution in [0.15, 0.2) is 0 Å². The summed E-state index contributed by atoms with van der Waals surface area (Å²) in [5.41, 5.74) is 0. The maximum absolute atomic E-state index is 12.5. The number of halogens is 1. The standard InChI is InChI=1S/C11H23N3O2S.ClH/c1-10-4-3-6-13(9-10)17(15,16)14-7-5-12-8-11(14)2;/h10-12H,3-9H2,1-2H3;1H/t10?,11-;/m1./s1. The second-order valence-electron chi connectivity index (χ2n) is 5.28. The van der Waals surface area contributed by atoms with Crippen molar-refractivity contribution in [1.82, 2.24) is 13.9 Å². The average molecular weight is 298 g/mol. The molecule has 108 valence electrons. The van der Waals surface area contributed by atoms with Crippen molar-refractivity contribution in [3.05, 3.63) is 0 Å². The molecule has 1 N–H and O–H groups in total. The molecule has 0 radical (unpaired) electrons. The summed E-state index contributed by atoms with van der Waals surface area (Å²) in [5, 5.41) is 3.22. The molecule has 2 atom stereocenters. The Kier molecular flexibility index (Phi) is 5.86. The number of piperidine rings is 1. The summed E-state index contributed by atoms with van der Waals surface area (Å²) < 4.78 is 28.4. The molecule has 0 aromatic carbocycles. The van der Waals surface area contributed by atoms with Crippen molar-refractivity contribution in [2.75, 3.05) is 32.7 Å². The largest absolute Gasteiger partial charge is 0.314 e. The van der Waals surface area contributed by atoms with Crippen LogP contribution in [0.4, 0.5) is 0 Å². The average Bonchev–Trinajstić information content (AvgIpc) is 2.29. The highest BCUT2D eigenvalue weighted by atomic mass is 35.5. The molecule has 2 aliphatic rings. The molecule has 2 fully saturated rings. The van der Waals surface area contributed by atoms with E-state index in [0.717, 1.165) is 25.9 Å². The van der Waals surface area contributed by atoms with Gasteiger partial charge in [0.1, 0.15) is 0 Å². The first-order valence-electron chi connectivity index (χ1n) is 6.49. The lowest BCUT2D eigenvalue weighted by atomic mass is 10.0. The Morgan fingerprint density at radius 3 is 2.56 bits per heavy atom. The SMILES string of the molecule is CC1CCCN(S(=O)(=O)N2CCNC[C@H]2C)C1.Cl. The molecule has 2 saturated heterocycles. The topological polar surface area (TPSA) is 52.7 Å². The first-order valence-corrected chi connectivity index (χ1v) is 7.89. The summed E-state index contributed by atoms with van der Waals surface area (Å²) in [6, 6.07) is 0.0611. The minimum Gasteiger partial charge on any atom is -0.314 e. The van der Waals surface area contributed by atoms with Crippen molar-refractivity contribution in [2.24, 2.45) is 5.92 Å². The van der Waals surface area contributed by atoms with Gasteiger partial charge in [-0.25, -0.2) is 0 Å².